The van der Waals surface area contributed by atoms with E-state index in [-0.39, 0.29) is 22.8 Å². The maximum Gasteiger partial charge on any atom is 0.263 e. The van der Waals surface area contributed by atoms with Crippen LogP contribution in [-0.4, -0.2) is 31.5 Å². The number of hydrogen-bond acceptors (Lipinski definition) is 6. The Morgan fingerprint density at radius 2 is 1.94 bits per heavy atom. The Labute approximate surface area is 191 Å². The monoisotopic (exact) mass is 473 g/mol. The average molecular weight is 474 g/mol. The van der Waals surface area contributed by atoms with Crippen molar-refractivity contribution in [2.75, 3.05) is 17.9 Å². The van der Waals surface area contributed by atoms with Crippen LogP contribution in [0.4, 0.5) is 9.52 Å². The molecule has 9 heteroatoms. The molecule has 2 atom stereocenters. The molecule has 0 spiro atoms. The van der Waals surface area contributed by atoms with Gasteiger partial charge in [0.1, 0.15) is 11.6 Å². The fraction of sp³-hybridized carbons (Fsp3) is 0.348. The lowest BCUT2D eigenvalue weighted by Crippen LogP contribution is -2.38. The van der Waals surface area contributed by atoms with Gasteiger partial charge in [-0.3, -0.25) is 9.62 Å². The van der Waals surface area contributed by atoms with E-state index in [1.54, 1.807) is 23.7 Å². The predicted molar refractivity (Wildman–Crippen MR) is 122 cm³/mol. The van der Waals surface area contributed by atoms with Crippen LogP contribution in [0.3, 0.4) is 0 Å². The van der Waals surface area contributed by atoms with Gasteiger partial charge >= 0.3 is 0 Å². The standard InChI is InChI=1S/C23H24FN3O3S2/c24-17-6-4-16(5-7-17)20-3-1-2-12-27(20)21-10-13-30-22-15-18(8-9-19(21)22)32(28,29)26-23-25-11-14-31-23/h4-9,11,14-15,20-21H,1-3,10,12-13H2,(H,25,26)/t20-,21+/m1/s1. The minimum Gasteiger partial charge on any atom is -0.493 e. The van der Waals surface area contributed by atoms with E-state index >= 15 is 0 Å². The minimum absolute atomic E-state index is 0.123. The zero-order valence-corrected chi connectivity index (χ0v) is 19.0. The number of likely N-dealkylation sites (tertiary alicyclic amines) is 1. The Bertz CT molecular complexity index is 1180. The number of benzene rings is 2. The minimum atomic E-state index is -3.75. The van der Waals surface area contributed by atoms with Crippen molar-refractivity contribution in [1.82, 2.24) is 9.88 Å². The molecule has 0 amide bonds. The van der Waals surface area contributed by atoms with Crippen LogP contribution in [0.25, 0.3) is 0 Å². The Morgan fingerprint density at radius 3 is 2.72 bits per heavy atom. The highest BCUT2D eigenvalue weighted by atomic mass is 32.2. The van der Waals surface area contributed by atoms with E-state index in [1.807, 2.05) is 18.2 Å². The molecule has 0 unspecified atom stereocenters. The third-order valence-electron chi connectivity index (χ3n) is 6.16. The number of aromatic nitrogens is 1. The van der Waals surface area contributed by atoms with Crippen LogP contribution in [-0.2, 0) is 10.0 Å². The summed E-state index contributed by atoms with van der Waals surface area (Å²) >= 11 is 1.23. The Morgan fingerprint density at radius 1 is 1.09 bits per heavy atom. The van der Waals surface area contributed by atoms with Gasteiger partial charge in [-0.2, -0.15) is 0 Å². The first kappa shape index (κ1) is 21.4. The summed E-state index contributed by atoms with van der Waals surface area (Å²) in [6.07, 6.45) is 5.64. The molecule has 2 aliphatic heterocycles. The highest BCUT2D eigenvalue weighted by Gasteiger charge is 2.34. The number of nitrogens with zero attached hydrogens (tertiary/aromatic N) is 2. The van der Waals surface area contributed by atoms with E-state index in [4.69, 9.17) is 4.74 Å². The van der Waals surface area contributed by atoms with Crippen molar-refractivity contribution >= 4 is 26.5 Å². The first-order valence-corrected chi connectivity index (χ1v) is 13.1. The van der Waals surface area contributed by atoms with Gasteiger partial charge in [0, 0.05) is 41.7 Å². The second-order valence-electron chi connectivity index (χ2n) is 8.10. The Balaban J connectivity index is 1.44. The highest BCUT2D eigenvalue weighted by molar-refractivity contribution is 7.93. The third-order valence-corrected chi connectivity index (χ3v) is 8.31. The first-order valence-electron chi connectivity index (χ1n) is 10.7. The van der Waals surface area contributed by atoms with Crippen molar-refractivity contribution in [3.63, 3.8) is 0 Å². The summed E-state index contributed by atoms with van der Waals surface area (Å²) < 4.78 is 47.5. The number of ether oxygens (including phenoxy) is 1. The van der Waals surface area contributed by atoms with Gasteiger partial charge in [-0.1, -0.05) is 24.6 Å². The van der Waals surface area contributed by atoms with E-state index in [1.165, 1.54) is 23.5 Å². The van der Waals surface area contributed by atoms with Gasteiger partial charge in [0.2, 0.25) is 0 Å². The molecular weight excluding hydrogens is 449 g/mol. The summed E-state index contributed by atoms with van der Waals surface area (Å²) in [5.41, 5.74) is 2.12. The van der Waals surface area contributed by atoms with Crippen molar-refractivity contribution in [2.24, 2.45) is 0 Å². The summed E-state index contributed by atoms with van der Waals surface area (Å²) in [7, 11) is -3.75. The number of thiazole rings is 1. The molecule has 32 heavy (non-hydrogen) atoms. The van der Waals surface area contributed by atoms with Crippen molar-refractivity contribution < 1.29 is 17.5 Å². The number of piperidine rings is 1. The molecule has 1 aromatic heterocycles. The molecule has 0 bridgehead atoms. The lowest BCUT2D eigenvalue weighted by molar-refractivity contribution is 0.0668. The van der Waals surface area contributed by atoms with Gasteiger partial charge in [0.25, 0.3) is 10.0 Å². The van der Waals surface area contributed by atoms with E-state index in [0.29, 0.717) is 17.5 Å². The summed E-state index contributed by atoms with van der Waals surface area (Å²) in [4.78, 5) is 6.62. The predicted octanol–water partition coefficient (Wildman–Crippen LogP) is 5.13. The van der Waals surface area contributed by atoms with Crippen LogP contribution in [0.5, 0.6) is 5.75 Å². The molecule has 0 saturated carbocycles. The lowest BCUT2D eigenvalue weighted by atomic mass is 9.89. The zero-order valence-electron chi connectivity index (χ0n) is 17.4. The van der Waals surface area contributed by atoms with Crippen LogP contribution in [0.1, 0.15) is 48.9 Å². The Kier molecular flexibility index (Phi) is 5.88. The van der Waals surface area contributed by atoms with Crippen LogP contribution in [0.2, 0.25) is 0 Å². The van der Waals surface area contributed by atoms with Gasteiger partial charge in [-0.05, 0) is 43.1 Å². The number of nitrogens with one attached hydrogen (secondary N) is 1. The van der Waals surface area contributed by atoms with Crippen LogP contribution < -0.4 is 9.46 Å². The van der Waals surface area contributed by atoms with Crippen molar-refractivity contribution in [3.05, 3.63) is 71.0 Å². The van der Waals surface area contributed by atoms with E-state index in [9.17, 15) is 12.8 Å². The zero-order chi connectivity index (χ0) is 22.1. The molecule has 6 nitrogen and oxygen atoms in total. The topological polar surface area (TPSA) is 71.5 Å². The van der Waals surface area contributed by atoms with Crippen molar-refractivity contribution in [1.29, 1.82) is 0 Å². The summed E-state index contributed by atoms with van der Waals surface area (Å²) in [5.74, 6) is 0.374. The van der Waals surface area contributed by atoms with Gasteiger partial charge in [0.05, 0.1) is 11.5 Å². The number of hydrogen-bond donors (Lipinski definition) is 1. The van der Waals surface area contributed by atoms with Crippen LogP contribution in [0, 0.1) is 5.82 Å². The molecule has 3 heterocycles. The average Bonchev–Trinajstić information content (AvgIpc) is 3.31. The quantitative estimate of drug-likeness (QED) is 0.556. The van der Waals surface area contributed by atoms with Crippen molar-refractivity contribution in [2.45, 2.75) is 42.7 Å². The maximum atomic E-state index is 13.5. The molecule has 1 fully saturated rings. The normalized spacial score (nSPS) is 21.5. The van der Waals surface area contributed by atoms with Gasteiger partial charge in [-0.15, -0.1) is 11.3 Å². The second-order valence-corrected chi connectivity index (χ2v) is 10.7. The fourth-order valence-corrected chi connectivity index (χ4v) is 6.48. The van der Waals surface area contributed by atoms with Crippen LogP contribution >= 0.6 is 11.3 Å². The molecule has 5 rings (SSSR count). The lowest BCUT2D eigenvalue weighted by Gasteiger charge is -2.43. The largest absolute Gasteiger partial charge is 0.493 e. The second kappa shape index (κ2) is 8.80. The maximum absolute atomic E-state index is 13.5. The molecule has 0 radical (unpaired) electrons. The van der Waals surface area contributed by atoms with Crippen molar-refractivity contribution in [3.8, 4) is 5.75 Å². The number of anilines is 1. The van der Waals surface area contributed by atoms with Gasteiger partial charge in [-0.25, -0.2) is 17.8 Å². The summed E-state index contributed by atoms with van der Waals surface area (Å²) in [5, 5.41) is 2.05. The third kappa shape index (κ3) is 4.24. The number of rotatable bonds is 5. The first-order chi connectivity index (χ1) is 15.5. The molecule has 0 aliphatic carbocycles. The number of sulfonamides is 1. The highest BCUT2D eigenvalue weighted by Crippen LogP contribution is 2.44. The number of halogens is 1. The molecule has 2 aliphatic rings. The van der Waals surface area contributed by atoms with E-state index in [0.717, 1.165) is 43.4 Å². The number of fused-ring (bicyclic) bond motifs is 1. The molecule has 168 valence electrons. The van der Waals surface area contributed by atoms with Gasteiger partial charge in [0.15, 0.2) is 5.13 Å². The molecule has 2 aromatic carbocycles. The molecule has 3 aromatic rings. The fourth-order valence-electron chi connectivity index (χ4n) is 4.68. The smallest absolute Gasteiger partial charge is 0.263 e. The SMILES string of the molecule is O=S(=O)(Nc1nccs1)c1ccc2c(c1)OCC[C@@H]2N1CCCC[C@@H]1c1ccc(F)cc1. The van der Waals surface area contributed by atoms with E-state index in [2.05, 4.69) is 14.6 Å². The van der Waals surface area contributed by atoms with Crippen LogP contribution in [0.15, 0.2) is 58.9 Å². The molecule has 1 N–H and O–H groups in total. The van der Waals surface area contributed by atoms with E-state index < -0.39 is 10.0 Å². The van der Waals surface area contributed by atoms with Gasteiger partial charge < -0.3 is 4.74 Å². The molecular formula is C23H24FN3O3S2. The summed E-state index contributed by atoms with van der Waals surface area (Å²) in [6.45, 7) is 1.46. The molecule has 1 saturated heterocycles. The Hall–Kier alpha value is -2.49. The summed E-state index contributed by atoms with van der Waals surface area (Å²) in [6, 6.07) is 12.2.